The van der Waals surface area contributed by atoms with Crippen LogP contribution < -0.4 is 14.8 Å². The predicted molar refractivity (Wildman–Crippen MR) is 110 cm³/mol. The Balaban J connectivity index is 2.01. The number of ether oxygens (including phenoxy) is 2. The average Bonchev–Trinajstić information content (AvgIpc) is 2.68. The zero-order valence-electron chi connectivity index (χ0n) is 17.0. The molecule has 2 rings (SSSR count). The van der Waals surface area contributed by atoms with Crippen LogP contribution in [0.15, 0.2) is 42.5 Å². The lowest BCUT2D eigenvalue weighted by Crippen LogP contribution is -2.32. The number of hydrogen-bond donors (Lipinski definition) is 1. The van der Waals surface area contributed by atoms with E-state index in [9.17, 15) is 9.59 Å². The normalized spacial score (nSPS) is 10.6. The monoisotopic (exact) mass is 384 g/mol. The van der Waals surface area contributed by atoms with Crippen molar-refractivity contribution in [2.24, 2.45) is 0 Å². The molecule has 0 heterocycles. The van der Waals surface area contributed by atoms with E-state index in [4.69, 9.17) is 9.47 Å². The highest BCUT2D eigenvalue weighted by Crippen LogP contribution is 2.28. The number of nitrogens with zero attached hydrogens (tertiary/aromatic N) is 1. The first-order chi connectivity index (χ1) is 13.5. The number of carbonyl (C=O) groups excluding carboxylic acids is 2. The van der Waals surface area contributed by atoms with Crippen LogP contribution in [0.1, 0.15) is 36.7 Å². The number of Topliss-reactive ketones (excluding diaryl/α,β-unsaturated/α-hetero) is 1. The molecule has 0 saturated heterocycles. The van der Waals surface area contributed by atoms with Crippen molar-refractivity contribution in [1.82, 2.24) is 4.90 Å². The van der Waals surface area contributed by atoms with Gasteiger partial charge in [0.2, 0.25) is 5.91 Å². The summed E-state index contributed by atoms with van der Waals surface area (Å²) >= 11 is 0. The van der Waals surface area contributed by atoms with E-state index in [1.54, 1.807) is 31.4 Å². The Morgan fingerprint density at radius 2 is 1.86 bits per heavy atom. The Morgan fingerprint density at radius 3 is 2.50 bits per heavy atom. The zero-order valence-corrected chi connectivity index (χ0v) is 17.0. The fourth-order valence-electron chi connectivity index (χ4n) is 2.84. The lowest BCUT2D eigenvalue weighted by Gasteiger charge is -2.21. The number of nitrogens with one attached hydrogen (secondary N) is 1. The Bertz CT molecular complexity index is 820. The maximum absolute atomic E-state index is 12.4. The molecule has 6 heteroatoms. The SMILES string of the molecule is CCOc1ccc(CN(CC)CC(=O)Nc2cccc(C(C)=O)c2)cc1OC. The first kappa shape index (κ1) is 21.4. The molecule has 0 atom stereocenters. The number of rotatable bonds is 10. The highest BCUT2D eigenvalue weighted by atomic mass is 16.5. The van der Waals surface area contributed by atoms with Gasteiger partial charge in [0.15, 0.2) is 17.3 Å². The van der Waals surface area contributed by atoms with Crippen LogP contribution in [-0.4, -0.2) is 43.4 Å². The summed E-state index contributed by atoms with van der Waals surface area (Å²) < 4.78 is 10.9. The van der Waals surface area contributed by atoms with Crippen LogP contribution in [0.5, 0.6) is 11.5 Å². The number of benzene rings is 2. The van der Waals surface area contributed by atoms with E-state index in [1.807, 2.05) is 36.9 Å². The molecule has 0 bridgehead atoms. The van der Waals surface area contributed by atoms with Gasteiger partial charge in [0.25, 0.3) is 0 Å². The van der Waals surface area contributed by atoms with Crippen LogP contribution in [0.25, 0.3) is 0 Å². The highest BCUT2D eigenvalue weighted by Gasteiger charge is 2.13. The summed E-state index contributed by atoms with van der Waals surface area (Å²) in [7, 11) is 1.61. The van der Waals surface area contributed by atoms with E-state index in [0.29, 0.717) is 35.9 Å². The predicted octanol–water partition coefficient (Wildman–Crippen LogP) is 3.76. The Labute approximate surface area is 166 Å². The van der Waals surface area contributed by atoms with E-state index >= 15 is 0 Å². The largest absolute Gasteiger partial charge is 0.493 e. The number of likely N-dealkylation sites (N-methyl/N-ethyl adjacent to an activating group) is 1. The second kappa shape index (κ2) is 10.5. The third kappa shape index (κ3) is 6.09. The molecular formula is C22H28N2O4. The van der Waals surface area contributed by atoms with E-state index in [0.717, 1.165) is 12.1 Å². The molecule has 6 nitrogen and oxygen atoms in total. The van der Waals surface area contributed by atoms with Gasteiger partial charge >= 0.3 is 0 Å². The van der Waals surface area contributed by atoms with Crippen LogP contribution in [0, 0.1) is 0 Å². The molecule has 0 saturated carbocycles. The number of carbonyl (C=O) groups is 2. The summed E-state index contributed by atoms with van der Waals surface area (Å²) in [6.07, 6.45) is 0. The van der Waals surface area contributed by atoms with Gasteiger partial charge in [0.1, 0.15) is 0 Å². The second-order valence-corrected chi connectivity index (χ2v) is 6.41. The summed E-state index contributed by atoms with van der Waals surface area (Å²) in [6, 6.07) is 12.8. The lowest BCUT2D eigenvalue weighted by molar-refractivity contribution is -0.117. The van der Waals surface area contributed by atoms with Gasteiger partial charge in [-0.25, -0.2) is 0 Å². The van der Waals surface area contributed by atoms with Crippen molar-refractivity contribution < 1.29 is 19.1 Å². The molecule has 2 aromatic carbocycles. The molecule has 0 unspecified atom stereocenters. The quantitative estimate of drug-likeness (QED) is 0.632. The maximum atomic E-state index is 12.4. The molecule has 0 aliphatic carbocycles. The molecule has 0 aliphatic heterocycles. The summed E-state index contributed by atoms with van der Waals surface area (Å²) in [6.45, 7) is 7.59. The fraction of sp³-hybridized carbons (Fsp3) is 0.364. The molecule has 0 spiro atoms. The van der Waals surface area contributed by atoms with E-state index in [2.05, 4.69) is 5.32 Å². The minimum absolute atomic E-state index is 0.0317. The highest BCUT2D eigenvalue weighted by molar-refractivity contribution is 5.97. The van der Waals surface area contributed by atoms with E-state index in [-0.39, 0.29) is 18.2 Å². The van der Waals surface area contributed by atoms with Gasteiger partial charge in [-0.3, -0.25) is 14.5 Å². The molecular weight excluding hydrogens is 356 g/mol. The minimum Gasteiger partial charge on any atom is -0.493 e. The third-order valence-corrected chi connectivity index (χ3v) is 4.30. The van der Waals surface area contributed by atoms with E-state index in [1.165, 1.54) is 6.92 Å². The van der Waals surface area contributed by atoms with Crippen LogP contribution in [0.2, 0.25) is 0 Å². The van der Waals surface area contributed by atoms with Crippen molar-refractivity contribution in [2.45, 2.75) is 27.3 Å². The summed E-state index contributed by atoms with van der Waals surface area (Å²) in [4.78, 5) is 25.9. The van der Waals surface area contributed by atoms with Crippen molar-refractivity contribution in [3.63, 3.8) is 0 Å². The summed E-state index contributed by atoms with van der Waals surface area (Å²) in [5.74, 6) is 1.23. The van der Waals surface area contributed by atoms with Gasteiger partial charge in [-0.15, -0.1) is 0 Å². The molecule has 1 amide bonds. The second-order valence-electron chi connectivity index (χ2n) is 6.41. The van der Waals surface area contributed by atoms with Gasteiger partial charge in [0.05, 0.1) is 20.3 Å². The number of methoxy groups -OCH3 is 1. The minimum atomic E-state index is -0.125. The topological polar surface area (TPSA) is 67.9 Å². The Morgan fingerprint density at radius 1 is 1.07 bits per heavy atom. The van der Waals surface area contributed by atoms with Gasteiger partial charge in [-0.1, -0.05) is 25.1 Å². The summed E-state index contributed by atoms with van der Waals surface area (Å²) in [5, 5.41) is 2.86. The average molecular weight is 384 g/mol. The van der Waals surface area contributed by atoms with Crippen LogP contribution in [0.3, 0.4) is 0 Å². The number of anilines is 1. The molecule has 28 heavy (non-hydrogen) atoms. The molecule has 150 valence electrons. The fourth-order valence-corrected chi connectivity index (χ4v) is 2.84. The van der Waals surface area contributed by atoms with Crippen molar-refractivity contribution >= 4 is 17.4 Å². The molecule has 2 aromatic rings. The van der Waals surface area contributed by atoms with Gasteiger partial charge in [-0.05, 0) is 50.2 Å². The Kier molecular flexibility index (Phi) is 8.02. The molecule has 1 N–H and O–H groups in total. The number of amides is 1. The molecule has 0 fully saturated rings. The molecule has 0 aromatic heterocycles. The Hall–Kier alpha value is -2.86. The first-order valence-electron chi connectivity index (χ1n) is 9.39. The molecule has 0 aliphatic rings. The van der Waals surface area contributed by atoms with Crippen molar-refractivity contribution in [3.05, 3.63) is 53.6 Å². The van der Waals surface area contributed by atoms with Crippen molar-refractivity contribution in [3.8, 4) is 11.5 Å². The van der Waals surface area contributed by atoms with Gasteiger partial charge in [0, 0.05) is 17.8 Å². The number of hydrogen-bond acceptors (Lipinski definition) is 5. The summed E-state index contributed by atoms with van der Waals surface area (Å²) in [5.41, 5.74) is 2.23. The standard InChI is InChI=1S/C22H28N2O4/c1-5-24(14-17-10-11-20(28-6-2)21(12-17)27-4)15-22(26)23-19-9-7-8-18(13-19)16(3)25/h7-13H,5-6,14-15H2,1-4H3,(H,23,26). The smallest absolute Gasteiger partial charge is 0.238 e. The third-order valence-electron chi connectivity index (χ3n) is 4.30. The van der Waals surface area contributed by atoms with E-state index < -0.39 is 0 Å². The first-order valence-corrected chi connectivity index (χ1v) is 9.39. The van der Waals surface area contributed by atoms with Crippen LogP contribution in [0.4, 0.5) is 5.69 Å². The van der Waals surface area contributed by atoms with Crippen LogP contribution in [-0.2, 0) is 11.3 Å². The lowest BCUT2D eigenvalue weighted by atomic mass is 10.1. The van der Waals surface area contributed by atoms with Crippen LogP contribution >= 0.6 is 0 Å². The van der Waals surface area contributed by atoms with Gasteiger partial charge < -0.3 is 14.8 Å². The maximum Gasteiger partial charge on any atom is 0.238 e. The zero-order chi connectivity index (χ0) is 20.5. The van der Waals surface area contributed by atoms with Crippen molar-refractivity contribution in [1.29, 1.82) is 0 Å². The van der Waals surface area contributed by atoms with Gasteiger partial charge in [-0.2, -0.15) is 0 Å². The number of ketones is 1. The molecule has 0 radical (unpaired) electrons. The van der Waals surface area contributed by atoms with Crippen molar-refractivity contribution in [2.75, 3.05) is 32.1 Å².